The largest absolute Gasteiger partial charge is 0.493 e. The van der Waals surface area contributed by atoms with E-state index < -0.39 is 0 Å². The number of ether oxygens (including phenoxy) is 3. The van der Waals surface area contributed by atoms with Crippen molar-refractivity contribution < 1.29 is 14.2 Å². The SMILES string of the molecule is COc1cccc(OC)c1Oc1cncc(Cl)n1. The fourth-order valence-electron chi connectivity index (χ4n) is 1.40. The number of nitrogens with zero attached hydrogens (tertiary/aromatic N) is 2. The average molecular weight is 267 g/mol. The van der Waals surface area contributed by atoms with E-state index in [1.165, 1.54) is 12.4 Å². The van der Waals surface area contributed by atoms with Crippen LogP contribution >= 0.6 is 11.6 Å². The summed E-state index contributed by atoms with van der Waals surface area (Å²) >= 11 is 5.74. The Morgan fingerprint density at radius 3 is 2.28 bits per heavy atom. The van der Waals surface area contributed by atoms with Gasteiger partial charge in [0.05, 0.1) is 26.6 Å². The first-order valence-electron chi connectivity index (χ1n) is 5.11. The van der Waals surface area contributed by atoms with Crippen LogP contribution in [0.25, 0.3) is 0 Å². The average Bonchev–Trinajstić information content (AvgIpc) is 2.39. The number of aromatic nitrogens is 2. The lowest BCUT2D eigenvalue weighted by Crippen LogP contribution is -1.96. The van der Waals surface area contributed by atoms with Gasteiger partial charge in [-0.25, -0.2) is 0 Å². The van der Waals surface area contributed by atoms with Gasteiger partial charge in [0.15, 0.2) is 16.7 Å². The van der Waals surface area contributed by atoms with Crippen LogP contribution in [-0.2, 0) is 0 Å². The standard InChI is InChI=1S/C12H11ClN2O3/c1-16-8-4-3-5-9(17-2)12(8)18-11-7-14-6-10(13)15-11/h3-7H,1-2H3. The van der Waals surface area contributed by atoms with E-state index in [-0.39, 0.29) is 11.0 Å². The highest BCUT2D eigenvalue weighted by Crippen LogP contribution is 2.39. The molecule has 0 saturated heterocycles. The molecule has 0 aliphatic rings. The van der Waals surface area contributed by atoms with E-state index in [2.05, 4.69) is 9.97 Å². The molecule has 0 fully saturated rings. The van der Waals surface area contributed by atoms with Gasteiger partial charge in [0.2, 0.25) is 11.6 Å². The van der Waals surface area contributed by atoms with Gasteiger partial charge in [0, 0.05) is 0 Å². The highest BCUT2D eigenvalue weighted by Gasteiger charge is 2.13. The van der Waals surface area contributed by atoms with Gasteiger partial charge in [-0.2, -0.15) is 4.98 Å². The second kappa shape index (κ2) is 5.55. The molecule has 0 spiro atoms. The molecule has 0 N–H and O–H groups in total. The van der Waals surface area contributed by atoms with E-state index in [4.69, 9.17) is 25.8 Å². The zero-order chi connectivity index (χ0) is 13.0. The fraction of sp³-hybridized carbons (Fsp3) is 0.167. The zero-order valence-electron chi connectivity index (χ0n) is 9.88. The van der Waals surface area contributed by atoms with Crippen molar-refractivity contribution in [2.45, 2.75) is 0 Å². The van der Waals surface area contributed by atoms with Gasteiger partial charge >= 0.3 is 0 Å². The Balaban J connectivity index is 2.38. The Hall–Kier alpha value is -2.01. The number of benzene rings is 1. The molecule has 0 amide bonds. The number of rotatable bonds is 4. The Labute approximate surface area is 109 Å². The van der Waals surface area contributed by atoms with Gasteiger partial charge < -0.3 is 14.2 Å². The molecule has 2 rings (SSSR count). The summed E-state index contributed by atoms with van der Waals surface area (Å²) in [5.74, 6) is 1.77. The summed E-state index contributed by atoms with van der Waals surface area (Å²) in [6.45, 7) is 0. The summed E-state index contributed by atoms with van der Waals surface area (Å²) in [7, 11) is 3.09. The number of halogens is 1. The molecule has 1 heterocycles. The lowest BCUT2D eigenvalue weighted by atomic mass is 10.3. The van der Waals surface area contributed by atoms with Crippen LogP contribution in [0.2, 0.25) is 5.15 Å². The molecule has 0 unspecified atom stereocenters. The van der Waals surface area contributed by atoms with Crippen LogP contribution in [0.4, 0.5) is 0 Å². The summed E-state index contributed by atoms with van der Waals surface area (Å²) < 4.78 is 16.0. The normalized spacial score (nSPS) is 9.94. The molecule has 0 radical (unpaired) electrons. The molecular weight excluding hydrogens is 256 g/mol. The highest BCUT2D eigenvalue weighted by atomic mass is 35.5. The second-order valence-electron chi connectivity index (χ2n) is 3.27. The summed E-state index contributed by atoms with van der Waals surface area (Å²) in [6, 6.07) is 5.32. The molecule has 94 valence electrons. The Morgan fingerprint density at radius 2 is 1.72 bits per heavy atom. The van der Waals surface area contributed by atoms with E-state index >= 15 is 0 Å². The van der Waals surface area contributed by atoms with Gasteiger partial charge in [0.25, 0.3) is 0 Å². The maximum absolute atomic E-state index is 5.74. The predicted octanol–water partition coefficient (Wildman–Crippen LogP) is 2.94. The van der Waals surface area contributed by atoms with E-state index in [1.54, 1.807) is 32.4 Å². The van der Waals surface area contributed by atoms with E-state index in [0.29, 0.717) is 17.2 Å². The third-order valence-electron chi connectivity index (χ3n) is 2.17. The van der Waals surface area contributed by atoms with Crippen molar-refractivity contribution in [2.24, 2.45) is 0 Å². The predicted molar refractivity (Wildman–Crippen MR) is 66.7 cm³/mol. The zero-order valence-corrected chi connectivity index (χ0v) is 10.6. The molecule has 18 heavy (non-hydrogen) atoms. The van der Waals surface area contributed by atoms with E-state index in [1.807, 2.05) is 0 Å². The summed E-state index contributed by atoms with van der Waals surface area (Å²) in [5.41, 5.74) is 0. The first kappa shape index (κ1) is 12.4. The van der Waals surface area contributed by atoms with Crippen molar-refractivity contribution in [3.8, 4) is 23.1 Å². The Bertz CT molecular complexity index is 526. The smallest absolute Gasteiger partial charge is 0.239 e. The van der Waals surface area contributed by atoms with E-state index in [9.17, 15) is 0 Å². The molecule has 6 heteroatoms. The van der Waals surface area contributed by atoms with Crippen molar-refractivity contribution in [1.82, 2.24) is 9.97 Å². The topological polar surface area (TPSA) is 53.5 Å². The molecule has 0 aliphatic heterocycles. The quantitative estimate of drug-likeness (QED) is 0.852. The van der Waals surface area contributed by atoms with Gasteiger partial charge in [-0.15, -0.1) is 0 Å². The summed E-state index contributed by atoms with van der Waals surface area (Å²) in [6.07, 6.45) is 2.88. The molecule has 5 nitrogen and oxygen atoms in total. The Morgan fingerprint density at radius 1 is 1.06 bits per heavy atom. The molecular formula is C12H11ClN2O3. The minimum absolute atomic E-state index is 0.251. The summed E-state index contributed by atoms with van der Waals surface area (Å²) in [4.78, 5) is 7.88. The number of hydrogen-bond donors (Lipinski definition) is 0. The molecule has 0 atom stereocenters. The van der Waals surface area contributed by atoms with Crippen LogP contribution in [0.15, 0.2) is 30.6 Å². The molecule has 2 aromatic rings. The fourth-order valence-corrected chi connectivity index (χ4v) is 1.54. The van der Waals surface area contributed by atoms with Crippen molar-refractivity contribution in [2.75, 3.05) is 14.2 Å². The van der Waals surface area contributed by atoms with Gasteiger partial charge in [-0.3, -0.25) is 4.98 Å². The monoisotopic (exact) mass is 266 g/mol. The van der Waals surface area contributed by atoms with E-state index in [0.717, 1.165) is 0 Å². The molecule has 0 saturated carbocycles. The van der Waals surface area contributed by atoms with Crippen LogP contribution in [0.3, 0.4) is 0 Å². The van der Waals surface area contributed by atoms with Gasteiger partial charge in [-0.1, -0.05) is 17.7 Å². The maximum atomic E-state index is 5.74. The van der Waals surface area contributed by atoms with Crippen LogP contribution in [-0.4, -0.2) is 24.2 Å². The van der Waals surface area contributed by atoms with Crippen LogP contribution in [0, 0.1) is 0 Å². The van der Waals surface area contributed by atoms with Crippen molar-refractivity contribution in [3.63, 3.8) is 0 Å². The molecule has 0 aliphatic carbocycles. The van der Waals surface area contributed by atoms with Crippen molar-refractivity contribution >= 4 is 11.6 Å². The second-order valence-corrected chi connectivity index (χ2v) is 3.66. The third kappa shape index (κ3) is 2.62. The van der Waals surface area contributed by atoms with Crippen LogP contribution < -0.4 is 14.2 Å². The van der Waals surface area contributed by atoms with Gasteiger partial charge in [0.1, 0.15) is 0 Å². The van der Waals surface area contributed by atoms with Crippen LogP contribution in [0.1, 0.15) is 0 Å². The van der Waals surface area contributed by atoms with Crippen molar-refractivity contribution in [3.05, 3.63) is 35.7 Å². The first-order valence-corrected chi connectivity index (χ1v) is 5.48. The summed E-state index contributed by atoms with van der Waals surface area (Å²) in [5, 5.41) is 0.251. The van der Waals surface area contributed by atoms with Crippen molar-refractivity contribution in [1.29, 1.82) is 0 Å². The third-order valence-corrected chi connectivity index (χ3v) is 2.35. The van der Waals surface area contributed by atoms with Crippen LogP contribution in [0.5, 0.6) is 23.1 Å². The number of para-hydroxylation sites is 1. The Kier molecular flexibility index (Phi) is 3.84. The lowest BCUT2D eigenvalue weighted by Gasteiger charge is -2.12. The minimum atomic E-state index is 0.251. The minimum Gasteiger partial charge on any atom is -0.493 e. The number of hydrogen-bond acceptors (Lipinski definition) is 5. The van der Waals surface area contributed by atoms with Gasteiger partial charge in [-0.05, 0) is 12.1 Å². The molecule has 1 aromatic heterocycles. The number of methoxy groups -OCH3 is 2. The lowest BCUT2D eigenvalue weighted by molar-refractivity contribution is 0.341. The molecule has 0 bridgehead atoms. The maximum Gasteiger partial charge on any atom is 0.239 e. The first-order chi connectivity index (χ1) is 8.74. The highest BCUT2D eigenvalue weighted by molar-refractivity contribution is 6.29. The molecule has 1 aromatic carbocycles.